The number of carboxylic acids is 1. The predicted molar refractivity (Wildman–Crippen MR) is 66.4 cm³/mol. The molecule has 0 amide bonds. The molecule has 7 heteroatoms. The Bertz CT molecular complexity index is 269. The SMILES string of the molecule is COC(=O)CCCC(SCCC(=O)OC)C(=O)O. The van der Waals surface area contributed by atoms with Gasteiger partial charge in [0.05, 0.1) is 20.6 Å². The van der Waals surface area contributed by atoms with Gasteiger partial charge in [0, 0.05) is 12.2 Å². The Hall–Kier alpha value is -1.24. The molecule has 0 aliphatic rings. The molecule has 104 valence electrons. The lowest BCUT2D eigenvalue weighted by Crippen LogP contribution is -2.18. The van der Waals surface area contributed by atoms with E-state index in [0.29, 0.717) is 18.6 Å². The summed E-state index contributed by atoms with van der Waals surface area (Å²) in [4.78, 5) is 32.7. The van der Waals surface area contributed by atoms with Crippen LogP contribution in [0.4, 0.5) is 0 Å². The van der Waals surface area contributed by atoms with E-state index in [1.807, 2.05) is 0 Å². The number of methoxy groups -OCH3 is 2. The summed E-state index contributed by atoms with van der Waals surface area (Å²) in [5.74, 6) is -1.25. The molecule has 0 radical (unpaired) electrons. The van der Waals surface area contributed by atoms with Crippen molar-refractivity contribution in [1.82, 2.24) is 0 Å². The molecule has 0 fully saturated rings. The Morgan fingerprint density at radius 3 is 2.17 bits per heavy atom. The van der Waals surface area contributed by atoms with Crippen molar-refractivity contribution in [3.8, 4) is 0 Å². The monoisotopic (exact) mass is 278 g/mol. The highest BCUT2D eigenvalue weighted by atomic mass is 32.2. The quantitative estimate of drug-likeness (QED) is 0.631. The van der Waals surface area contributed by atoms with Crippen LogP contribution in [-0.4, -0.2) is 48.2 Å². The summed E-state index contributed by atoms with van der Waals surface area (Å²) in [5, 5.41) is 8.35. The first-order chi connectivity index (χ1) is 8.51. The number of esters is 2. The van der Waals surface area contributed by atoms with Crippen molar-refractivity contribution < 1.29 is 29.0 Å². The second kappa shape index (κ2) is 9.76. The predicted octanol–water partition coefficient (Wildman–Crippen LogP) is 1.08. The Labute approximate surface area is 110 Å². The van der Waals surface area contributed by atoms with Crippen LogP contribution in [0, 0.1) is 0 Å². The van der Waals surface area contributed by atoms with E-state index in [1.165, 1.54) is 26.0 Å². The summed E-state index contributed by atoms with van der Waals surface area (Å²) < 4.78 is 8.92. The van der Waals surface area contributed by atoms with Crippen molar-refractivity contribution in [1.29, 1.82) is 0 Å². The van der Waals surface area contributed by atoms with E-state index in [9.17, 15) is 14.4 Å². The summed E-state index contributed by atoms with van der Waals surface area (Å²) >= 11 is 1.18. The topological polar surface area (TPSA) is 89.9 Å². The third-order valence-electron chi connectivity index (χ3n) is 2.20. The number of carboxylic acid groups (broad SMARTS) is 1. The highest BCUT2D eigenvalue weighted by Gasteiger charge is 2.18. The van der Waals surface area contributed by atoms with Gasteiger partial charge in [-0.25, -0.2) is 0 Å². The molecule has 1 unspecified atom stereocenters. The van der Waals surface area contributed by atoms with E-state index in [-0.39, 0.29) is 24.8 Å². The fourth-order valence-corrected chi connectivity index (χ4v) is 2.24. The fourth-order valence-electron chi connectivity index (χ4n) is 1.20. The van der Waals surface area contributed by atoms with Gasteiger partial charge in [-0.1, -0.05) is 0 Å². The van der Waals surface area contributed by atoms with Crippen LogP contribution < -0.4 is 0 Å². The molecule has 0 aromatic heterocycles. The first kappa shape index (κ1) is 16.8. The van der Waals surface area contributed by atoms with Crippen LogP contribution in [0.5, 0.6) is 0 Å². The normalized spacial score (nSPS) is 11.7. The minimum atomic E-state index is -0.935. The molecule has 0 rings (SSSR count). The summed E-state index contributed by atoms with van der Waals surface area (Å²) in [7, 11) is 2.58. The molecule has 0 aromatic rings. The second-order valence-electron chi connectivity index (χ2n) is 3.49. The molecular weight excluding hydrogens is 260 g/mol. The van der Waals surface area contributed by atoms with Gasteiger partial charge in [0.15, 0.2) is 0 Å². The summed E-state index contributed by atoms with van der Waals surface area (Å²) in [6, 6.07) is 0. The van der Waals surface area contributed by atoms with E-state index < -0.39 is 11.2 Å². The molecule has 0 aliphatic carbocycles. The molecule has 1 N–H and O–H groups in total. The molecule has 0 saturated heterocycles. The highest BCUT2D eigenvalue weighted by molar-refractivity contribution is 8.00. The van der Waals surface area contributed by atoms with Gasteiger partial charge >= 0.3 is 17.9 Å². The number of hydrogen-bond donors (Lipinski definition) is 1. The van der Waals surface area contributed by atoms with Gasteiger partial charge in [0.2, 0.25) is 0 Å². The first-order valence-corrected chi connectivity index (χ1v) is 6.54. The van der Waals surface area contributed by atoms with E-state index in [2.05, 4.69) is 9.47 Å². The molecular formula is C11H18O6S. The lowest BCUT2D eigenvalue weighted by Gasteiger charge is -2.10. The van der Waals surface area contributed by atoms with E-state index in [4.69, 9.17) is 5.11 Å². The van der Waals surface area contributed by atoms with E-state index >= 15 is 0 Å². The van der Waals surface area contributed by atoms with Crippen LogP contribution in [0.25, 0.3) is 0 Å². The number of thioether (sulfide) groups is 1. The maximum atomic E-state index is 10.9. The molecule has 18 heavy (non-hydrogen) atoms. The fraction of sp³-hybridized carbons (Fsp3) is 0.727. The van der Waals surface area contributed by atoms with Crippen molar-refractivity contribution in [2.24, 2.45) is 0 Å². The highest BCUT2D eigenvalue weighted by Crippen LogP contribution is 2.19. The zero-order valence-corrected chi connectivity index (χ0v) is 11.3. The van der Waals surface area contributed by atoms with E-state index in [1.54, 1.807) is 0 Å². The first-order valence-electron chi connectivity index (χ1n) is 5.49. The van der Waals surface area contributed by atoms with Crippen molar-refractivity contribution in [3.63, 3.8) is 0 Å². The number of aliphatic carboxylic acids is 1. The Kier molecular flexibility index (Phi) is 9.08. The van der Waals surface area contributed by atoms with Gasteiger partial charge in [0.1, 0.15) is 5.25 Å². The van der Waals surface area contributed by atoms with Crippen molar-refractivity contribution in [2.45, 2.75) is 30.9 Å². The standard InChI is InChI=1S/C11H18O6S/c1-16-9(12)5-3-4-8(11(14)15)18-7-6-10(13)17-2/h8H,3-7H2,1-2H3,(H,14,15). The maximum Gasteiger partial charge on any atom is 0.316 e. The second-order valence-corrected chi connectivity index (χ2v) is 4.80. The molecule has 0 saturated carbocycles. The molecule has 0 bridgehead atoms. The number of rotatable bonds is 9. The number of hydrogen-bond acceptors (Lipinski definition) is 6. The summed E-state index contributed by atoms with van der Waals surface area (Å²) in [6.07, 6.45) is 1.21. The average molecular weight is 278 g/mol. The van der Waals surface area contributed by atoms with Crippen LogP contribution in [0.3, 0.4) is 0 Å². The van der Waals surface area contributed by atoms with Crippen LogP contribution in [-0.2, 0) is 23.9 Å². The number of carbonyl (C=O) groups excluding carboxylic acids is 2. The average Bonchev–Trinajstić information content (AvgIpc) is 2.35. The molecule has 0 spiro atoms. The maximum absolute atomic E-state index is 10.9. The lowest BCUT2D eigenvalue weighted by atomic mass is 10.2. The third kappa shape index (κ3) is 7.94. The van der Waals surface area contributed by atoms with Crippen LogP contribution in [0.15, 0.2) is 0 Å². The van der Waals surface area contributed by atoms with Gasteiger partial charge in [0.25, 0.3) is 0 Å². The van der Waals surface area contributed by atoms with Gasteiger partial charge in [-0.15, -0.1) is 11.8 Å². The number of carbonyl (C=O) groups is 3. The van der Waals surface area contributed by atoms with Crippen molar-refractivity contribution in [2.75, 3.05) is 20.0 Å². The Morgan fingerprint density at radius 2 is 1.67 bits per heavy atom. The molecule has 6 nitrogen and oxygen atoms in total. The Balaban J connectivity index is 3.89. The van der Waals surface area contributed by atoms with E-state index in [0.717, 1.165) is 0 Å². The lowest BCUT2D eigenvalue weighted by molar-refractivity contribution is -0.141. The molecule has 1 atom stereocenters. The van der Waals surface area contributed by atoms with Gasteiger partial charge < -0.3 is 14.6 Å². The zero-order valence-electron chi connectivity index (χ0n) is 10.5. The smallest absolute Gasteiger partial charge is 0.316 e. The third-order valence-corrected chi connectivity index (χ3v) is 3.48. The van der Waals surface area contributed by atoms with Crippen LogP contribution in [0.2, 0.25) is 0 Å². The number of ether oxygens (including phenoxy) is 2. The van der Waals surface area contributed by atoms with Gasteiger partial charge in [-0.3, -0.25) is 14.4 Å². The minimum Gasteiger partial charge on any atom is -0.480 e. The summed E-state index contributed by atoms with van der Waals surface area (Å²) in [5.41, 5.74) is 0. The van der Waals surface area contributed by atoms with Gasteiger partial charge in [-0.2, -0.15) is 0 Å². The van der Waals surface area contributed by atoms with Crippen LogP contribution in [0.1, 0.15) is 25.7 Å². The van der Waals surface area contributed by atoms with Crippen molar-refractivity contribution >= 4 is 29.7 Å². The minimum absolute atomic E-state index is 0.182. The van der Waals surface area contributed by atoms with Crippen molar-refractivity contribution in [3.05, 3.63) is 0 Å². The largest absolute Gasteiger partial charge is 0.480 e. The van der Waals surface area contributed by atoms with Crippen LogP contribution >= 0.6 is 11.8 Å². The molecule has 0 aliphatic heterocycles. The molecule has 0 heterocycles. The van der Waals surface area contributed by atoms with Gasteiger partial charge in [-0.05, 0) is 12.8 Å². The summed E-state index contributed by atoms with van der Waals surface area (Å²) in [6.45, 7) is 0. The Morgan fingerprint density at radius 1 is 1.11 bits per heavy atom. The zero-order chi connectivity index (χ0) is 14.0. The molecule has 0 aromatic carbocycles.